The van der Waals surface area contributed by atoms with Crippen molar-refractivity contribution in [3.05, 3.63) is 47.5 Å². The lowest BCUT2D eigenvalue weighted by atomic mass is 10.2. The molecule has 2 N–H and O–H groups in total. The normalized spacial score (nSPS) is 10.5. The van der Waals surface area contributed by atoms with Gasteiger partial charge in [0, 0.05) is 23.2 Å². The minimum absolute atomic E-state index is 0.0257. The highest BCUT2D eigenvalue weighted by Crippen LogP contribution is 2.30. The van der Waals surface area contributed by atoms with Gasteiger partial charge in [-0.3, -0.25) is 20.4 Å². The number of halogens is 1. The number of methoxy groups -OCH3 is 2. The summed E-state index contributed by atoms with van der Waals surface area (Å²) < 4.78 is 17.9. The summed E-state index contributed by atoms with van der Waals surface area (Å²) in [7, 11) is 3.15. The van der Waals surface area contributed by atoms with Crippen LogP contribution in [-0.2, 0) is 16.1 Å². The van der Waals surface area contributed by atoms with Crippen molar-refractivity contribution >= 4 is 35.2 Å². The van der Waals surface area contributed by atoms with Crippen LogP contribution in [0.25, 0.3) is 11.4 Å². The standard InChI is InChI=1S/C22H24ClN5O5S/c1-4-28-21(14-9-17(31-2)11-18(10-14)32-3)26-27-22(28)34-13-20(30)25-24-19(29)12-33-16-7-5-15(23)6-8-16/h5-11H,4,12-13H2,1-3H3,(H,24,29)(H,25,30). The predicted octanol–water partition coefficient (Wildman–Crippen LogP) is 2.95. The molecule has 0 spiro atoms. The fraction of sp³-hybridized carbons (Fsp3) is 0.273. The van der Waals surface area contributed by atoms with Gasteiger partial charge in [-0.15, -0.1) is 10.2 Å². The number of thioether (sulfide) groups is 1. The number of hydrogen-bond acceptors (Lipinski definition) is 8. The molecular weight excluding hydrogens is 482 g/mol. The van der Waals surface area contributed by atoms with E-state index in [0.29, 0.717) is 39.8 Å². The van der Waals surface area contributed by atoms with Gasteiger partial charge in [0.15, 0.2) is 17.6 Å². The highest BCUT2D eigenvalue weighted by molar-refractivity contribution is 7.99. The Balaban J connectivity index is 1.53. The Morgan fingerprint density at radius 2 is 1.62 bits per heavy atom. The van der Waals surface area contributed by atoms with Crippen LogP contribution in [0.2, 0.25) is 5.02 Å². The van der Waals surface area contributed by atoms with E-state index in [2.05, 4.69) is 21.0 Å². The number of carbonyl (C=O) groups is 2. The van der Waals surface area contributed by atoms with Crippen LogP contribution in [0.4, 0.5) is 0 Å². The van der Waals surface area contributed by atoms with Gasteiger partial charge in [0.05, 0.1) is 20.0 Å². The van der Waals surface area contributed by atoms with E-state index in [4.69, 9.17) is 25.8 Å². The second kappa shape index (κ2) is 12.1. The summed E-state index contributed by atoms with van der Waals surface area (Å²) >= 11 is 7.00. The average molecular weight is 506 g/mol. The van der Waals surface area contributed by atoms with E-state index in [1.54, 1.807) is 44.6 Å². The van der Waals surface area contributed by atoms with Gasteiger partial charge in [0.2, 0.25) is 5.91 Å². The molecule has 1 aromatic heterocycles. The van der Waals surface area contributed by atoms with Crippen LogP contribution in [0.3, 0.4) is 0 Å². The van der Waals surface area contributed by atoms with Crippen LogP contribution in [0, 0.1) is 0 Å². The third kappa shape index (κ3) is 6.78. The molecule has 34 heavy (non-hydrogen) atoms. The lowest BCUT2D eigenvalue weighted by molar-refractivity contribution is -0.128. The van der Waals surface area contributed by atoms with E-state index < -0.39 is 11.8 Å². The number of hydrogen-bond donors (Lipinski definition) is 2. The van der Waals surface area contributed by atoms with Crippen molar-refractivity contribution in [1.82, 2.24) is 25.6 Å². The van der Waals surface area contributed by atoms with Crippen LogP contribution in [0.1, 0.15) is 6.92 Å². The van der Waals surface area contributed by atoms with E-state index in [1.165, 1.54) is 11.8 Å². The van der Waals surface area contributed by atoms with Crippen molar-refractivity contribution in [2.75, 3.05) is 26.6 Å². The molecule has 0 atom stereocenters. The molecule has 0 unspecified atom stereocenters. The summed E-state index contributed by atoms with van der Waals surface area (Å²) in [6, 6.07) is 12.0. The number of aromatic nitrogens is 3. The Bertz CT molecular complexity index is 1120. The summed E-state index contributed by atoms with van der Waals surface area (Å²) in [5, 5.41) is 9.61. The second-order valence-corrected chi connectivity index (χ2v) is 8.16. The number of nitrogens with one attached hydrogen (secondary N) is 2. The van der Waals surface area contributed by atoms with Crippen molar-refractivity contribution in [1.29, 1.82) is 0 Å². The van der Waals surface area contributed by atoms with E-state index in [1.807, 2.05) is 23.6 Å². The number of ether oxygens (including phenoxy) is 3. The maximum Gasteiger partial charge on any atom is 0.276 e. The molecule has 10 nitrogen and oxygen atoms in total. The maximum atomic E-state index is 12.2. The third-order valence-electron chi connectivity index (χ3n) is 4.50. The van der Waals surface area contributed by atoms with Crippen LogP contribution in [0.15, 0.2) is 47.6 Å². The monoisotopic (exact) mass is 505 g/mol. The zero-order valence-corrected chi connectivity index (χ0v) is 20.4. The zero-order valence-electron chi connectivity index (χ0n) is 18.8. The van der Waals surface area contributed by atoms with Gasteiger partial charge in [0.1, 0.15) is 17.2 Å². The van der Waals surface area contributed by atoms with E-state index in [-0.39, 0.29) is 12.4 Å². The van der Waals surface area contributed by atoms with Crippen molar-refractivity contribution < 1.29 is 23.8 Å². The quantitative estimate of drug-likeness (QED) is 0.319. The fourth-order valence-corrected chi connectivity index (χ4v) is 3.78. The van der Waals surface area contributed by atoms with Crippen molar-refractivity contribution in [3.8, 4) is 28.6 Å². The van der Waals surface area contributed by atoms with Gasteiger partial charge in [-0.2, -0.15) is 0 Å². The number of amides is 2. The molecule has 3 rings (SSSR count). The molecule has 0 radical (unpaired) electrons. The van der Waals surface area contributed by atoms with Gasteiger partial charge in [-0.1, -0.05) is 23.4 Å². The molecule has 12 heteroatoms. The van der Waals surface area contributed by atoms with Crippen LogP contribution >= 0.6 is 23.4 Å². The van der Waals surface area contributed by atoms with Crippen molar-refractivity contribution in [2.24, 2.45) is 0 Å². The predicted molar refractivity (Wildman–Crippen MR) is 128 cm³/mol. The molecule has 180 valence electrons. The van der Waals surface area contributed by atoms with Gasteiger partial charge in [-0.05, 0) is 43.3 Å². The Labute approximate surface area is 205 Å². The van der Waals surface area contributed by atoms with Crippen molar-refractivity contribution in [3.63, 3.8) is 0 Å². The van der Waals surface area contributed by atoms with Crippen LogP contribution in [-0.4, -0.2) is 53.2 Å². The third-order valence-corrected chi connectivity index (χ3v) is 5.72. The van der Waals surface area contributed by atoms with Gasteiger partial charge >= 0.3 is 0 Å². The SMILES string of the molecule is CCn1c(SCC(=O)NNC(=O)COc2ccc(Cl)cc2)nnc1-c1cc(OC)cc(OC)c1. The van der Waals surface area contributed by atoms with Crippen LogP contribution in [0.5, 0.6) is 17.2 Å². The van der Waals surface area contributed by atoms with Gasteiger partial charge < -0.3 is 18.8 Å². The van der Waals surface area contributed by atoms with E-state index in [9.17, 15) is 9.59 Å². The first-order chi connectivity index (χ1) is 16.4. The fourth-order valence-electron chi connectivity index (χ4n) is 2.85. The molecule has 0 saturated heterocycles. The summed E-state index contributed by atoms with van der Waals surface area (Å²) in [5.74, 6) is 1.49. The molecule has 0 aliphatic heterocycles. The average Bonchev–Trinajstić information content (AvgIpc) is 3.28. The summed E-state index contributed by atoms with van der Waals surface area (Å²) in [6.07, 6.45) is 0. The summed E-state index contributed by atoms with van der Waals surface area (Å²) in [6.45, 7) is 2.28. The van der Waals surface area contributed by atoms with Crippen LogP contribution < -0.4 is 25.1 Å². The second-order valence-electron chi connectivity index (χ2n) is 6.78. The first-order valence-corrected chi connectivity index (χ1v) is 11.5. The molecule has 0 saturated carbocycles. The number of rotatable bonds is 10. The number of hydrazine groups is 1. The van der Waals surface area contributed by atoms with Crippen molar-refractivity contribution in [2.45, 2.75) is 18.6 Å². The first kappa shape index (κ1) is 25.2. The molecule has 0 fully saturated rings. The molecule has 0 aliphatic carbocycles. The number of benzene rings is 2. The van der Waals surface area contributed by atoms with E-state index in [0.717, 1.165) is 5.56 Å². The minimum Gasteiger partial charge on any atom is -0.497 e. The Hall–Kier alpha value is -3.44. The summed E-state index contributed by atoms with van der Waals surface area (Å²) in [5.41, 5.74) is 5.44. The molecule has 2 aromatic carbocycles. The summed E-state index contributed by atoms with van der Waals surface area (Å²) in [4.78, 5) is 24.1. The Kier molecular flexibility index (Phi) is 9.00. The topological polar surface area (TPSA) is 117 Å². The minimum atomic E-state index is -0.501. The molecule has 0 bridgehead atoms. The zero-order chi connectivity index (χ0) is 24.5. The first-order valence-electron chi connectivity index (χ1n) is 10.2. The lowest BCUT2D eigenvalue weighted by Crippen LogP contribution is -2.44. The molecular formula is C22H24ClN5O5S. The molecule has 2 amide bonds. The Morgan fingerprint density at radius 3 is 2.24 bits per heavy atom. The van der Waals surface area contributed by atoms with Gasteiger partial charge in [-0.25, -0.2) is 0 Å². The maximum absolute atomic E-state index is 12.2. The molecule has 1 heterocycles. The number of nitrogens with zero attached hydrogens (tertiary/aromatic N) is 3. The molecule has 3 aromatic rings. The largest absolute Gasteiger partial charge is 0.497 e. The highest BCUT2D eigenvalue weighted by Gasteiger charge is 2.16. The molecule has 0 aliphatic rings. The smallest absolute Gasteiger partial charge is 0.276 e. The Morgan fingerprint density at radius 1 is 0.971 bits per heavy atom. The number of carbonyl (C=O) groups excluding carboxylic acids is 2. The highest BCUT2D eigenvalue weighted by atomic mass is 35.5. The van der Waals surface area contributed by atoms with Gasteiger partial charge in [0.25, 0.3) is 5.91 Å². The lowest BCUT2D eigenvalue weighted by Gasteiger charge is -2.11. The van der Waals surface area contributed by atoms with E-state index >= 15 is 0 Å².